The van der Waals surface area contributed by atoms with Gasteiger partial charge in [0.1, 0.15) is 0 Å². The van der Waals surface area contributed by atoms with Crippen LogP contribution in [0, 0.1) is 0 Å². The molecule has 0 aliphatic rings. The van der Waals surface area contributed by atoms with Crippen molar-refractivity contribution in [3.63, 3.8) is 0 Å². The normalized spacial score (nSPS) is 11.1. The van der Waals surface area contributed by atoms with E-state index in [0.29, 0.717) is 31.3 Å². The molecule has 0 fully saturated rings. The van der Waals surface area contributed by atoms with Crippen LogP contribution in [0.3, 0.4) is 0 Å². The molecule has 1 aromatic carbocycles. The maximum atomic E-state index is 5.44. The van der Waals surface area contributed by atoms with Crippen molar-refractivity contribution < 1.29 is 18.7 Å². The highest BCUT2D eigenvalue weighted by Gasteiger charge is 2.14. The third-order valence-corrected chi connectivity index (χ3v) is 4.72. The minimum Gasteiger partial charge on any atom is -0.493 e. The van der Waals surface area contributed by atoms with Gasteiger partial charge in [-0.15, -0.1) is 0 Å². The summed E-state index contributed by atoms with van der Waals surface area (Å²) in [5, 5.41) is 4.04. The molecule has 0 saturated heterocycles. The van der Waals surface area contributed by atoms with E-state index in [1.54, 1.807) is 33.7 Å². The van der Waals surface area contributed by atoms with Crippen LogP contribution < -0.4 is 9.47 Å². The fraction of sp³-hybridized carbons (Fsp3) is 0.409. The summed E-state index contributed by atoms with van der Waals surface area (Å²) in [6.45, 7) is 2.70. The lowest BCUT2D eigenvalue weighted by Gasteiger charge is -2.21. The van der Waals surface area contributed by atoms with Crippen LogP contribution in [0.15, 0.2) is 47.2 Å². The molecule has 0 unspecified atom stereocenters. The number of benzene rings is 1. The Morgan fingerprint density at radius 3 is 2.43 bits per heavy atom. The number of hydrogen-bond donors (Lipinski definition) is 0. The van der Waals surface area contributed by atoms with Crippen molar-refractivity contribution in [3.05, 3.63) is 65.6 Å². The van der Waals surface area contributed by atoms with Gasteiger partial charge in [-0.25, -0.2) is 0 Å². The lowest BCUT2D eigenvalue weighted by Crippen LogP contribution is -2.25. The van der Waals surface area contributed by atoms with E-state index in [1.165, 1.54) is 11.1 Å². The summed E-state index contributed by atoms with van der Waals surface area (Å²) >= 11 is 0. The van der Waals surface area contributed by atoms with Crippen LogP contribution in [-0.2, 0) is 30.7 Å². The van der Waals surface area contributed by atoms with Gasteiger partial charge in [0.25, 0.3) is 0 Å². The molecule has 0 radical (unpaired) electrons. The van der Waals surface area contributed by atoms with Crippen molar-refractivity contribution in [1.29, 1.82) is 0 Å². The maximum Gasteiger partial charge on any atom is 0.240 e. The Hall–Kier alpha value is -2.97. The van der Waals surface area contributed by atoms with E-state index in [2.05, 4.69) is 26.1 Å². The molecule has 160 valence electrons. The summed E-state index contributed by atoms with van der Waals surface area (Å²) < 4.78 is 21.3. The lowest BCUT2D eigenvalue weighted by molar-refractivity contribution is 0.199. The van der Waals surface area contributed by atoms with E-state index in [0.717, 1.165) is 31.0 Å². The van der Waals surface area contributed by atoms with Crippen molar-refractivity contribution in [3.8, 4) is 11.5 Å². The molecule has 0 saturated carbocycles. The van der Waals surface area contributed by atoms with E-state index >= 15 is 0 Å². The summed E-state index contributed by atoms with van der Waals surface area (Å²) in [6, 6.07) is 10.0. The second-order valence-corrected chi connectivity index (χ2v) is 6.85. The highest BCUT2D eigenvalue weighted by Crippen LogP contribution is 2.27. The van der Waals surface area contributed by atoms with E-state index in [-0.39, 0.29) is 0 Å². The van der Waals surface area contributed by atoms with Crippen LogP contribution in [0.5, 0.6) is 11.5 Å². The van der Waals surface area contributed by atoms with Gasteiger partial charge in [0.2, 0.25) is 5.89 Å². The zero-order valence-corrected chi connectivity index (χ0v) is 17.7. The number of hydrogen-bond acceptors (Lipinski definition) is 8. The van der Waals surface area contributed by atoms with Gasteiger partial charge in [-0.05, 0) is 41.8 Å². The molecule has 3 rings (SSSR count). The minimum absolute atomic E-state index is 0.565. The molecule has 8 nitrogen and oxygen atoms in total. The van der Waals surface area contributed by atoms with Crippen LogP contribution in [0.4, 0.5) is 0 Å². The van der Waals surface area contributed by atoms with Crippen LogP contribution >= 0.6 is 0 Å². The van der Waals surface area contributed by atoms with Crippen molar-refractivity contribution >= 4 is 0 Å². The summed E-state index contributed by atoms with van der Waals surface area (Å²) in [4.78, 5) is 10.9. The highest BCUT2D eigenvalue weighted by atomic mass is 16.5. The SMILES string of the molecule is COCCc1noc(CN(CCc2ccc(OC)c(OC)c2)Cc2ccncc2)n1. The van der Waals surface area contributed by atoms with Gasteiger partial charge in [0.15, 0.2) is 17.3 Å². The first-order valence-corrected chi connectivity index (χ1v) is 9.84. The molecule has 0 aliphatic heterocycles. The van der Waals surface area contributed by atoms with Crippen LogP contribution in [-0.4, -0.2) is 54.5 Å². The Balaban J connectivity index is 1.68. The molecule has 0 N–H and O–H groups in total. The summed E-state index contributed by atoms with van der Waals surface area (Å²) in [5.41, 5.74) is 2.34. The Morgan fingerprint density at radius 2 is 1.70 bits per heavy atom. The standard InChI is InChI=1S/C22H28N4O4/c1-27-13-9-21-24-22(30-25-21)16-26(15-18-6-10-23-11-7-18)12-8-17-4-5-19(28-2)20(14-17)29-3/h4-7,10-11,14H,8-9,12-13,15-16H2,1-3H3. The van der Waals surface area contributed by atoms with Crippen LogP contribution in [0.1, 0.15) is 22.8 Å². The number of ether oxygens (including phenoxy) is 3. The molecular formula is C22H28N4O4. The van der Waals surface area contributed by atoms with E-state index in [1.807, 2.05) is 24.3 Å². The molecule has 0 bridgehead atoms. The first-order valence-electron chi connectivity index (χ1n) is 9.84. The first-order chi connectivity index (χ1) is 14.7. The number of rotatable bonds is 12. The highest BCUT2D eigenvalue weighted by molar-refractivity contribution is 5.42. The fourth-order valence-corrected chi connectivity index (χ4v) is 3.12. The smallest absolute Gasteiger partial charge is 0.240 e. The third-order valence-electron chi connectivity index (χ3n) is 4.72. The first kappa shape index (κ1) is 21.7. The average Bonchev–Trinajstić information content (AvgIpc) is 3.23. The molecule has 3 aromatic rings. The second-order valence-electron chi connectivity index (χ2n) is 6.85. The molecule has 0 atom stereocenters. The number of nitrogens with zero attached hydrogens (tertiary/aromatic N) is 4. The van der Waals surface area contributed by atoms with Gasteiger partial charge in [0.05, 0.1) is 27.4 Å². The van der Waals surface area contributed by atoms with Crippen LogP contribution in [0.25, 0.3) is 0 Å². The molecule has 8 heteroatoms. The van der Waals surface area contributed by atoms with E-state index in [4.69, 9.17) is 18.7 Å². The van der Waals surface area contributed by atoms with Gasteiger partial charge in [-0.2, -0.15) is 4.98 Å². The largest absolute Gasteiger partial charge is 0.493 e. The monoisotopic (exact) mass is 412 g/mol. The van der Waals surface area contributed by atoms with Crippen molar-refractivity contribution in [2.75, 3.05) is 34.5 Å². The zero-order chi connectivity index (χ0) is 21.2. The maximum absolute atomic E-state index is 5.44. The second kappa shape index (κ2) is 11.3. The number of aromatic nitrogens is 3. The quantitative estimate of drug-likeness (QED) is 0.449. The Morgan fingerprint density at radius 1 is 0.900 bits per heavy atom. The Bertz CT molecular complexity index is 901. The van der Waals surface area contributed by atoms with Crippen molar-refractivity contribution in [2.24, 2.45) is 0 Å². The molecular weight excluding hydrogens is 384 g/mol. The topological polar surface area (TPSA) is 82.7 Å². The fourth-order valence-electron chi connectivity index (χ4n) is 3.12. The van der Waals surface area contributed by atoms with Gasteiger partial charge >= 0.3 is 0 Å². The molecule has 0 amide bonds. The van der Waals surface area contributed by atoms with Gasteiger partial charge in [-0.1, -0.05) is 11.2 Å². The summed E-state index contributed by atoms with van der Waals surface area (Å²) in [6.07, 6.45) is 5.08. The average molecular weight is 412 g/mol. The minimum atomic E-state index is 0.565. The van der Waals surface area contributed by atoms with Gasteiger partial charge in [0, 0.05) is 39.0 Å². The van der Waals surface area contributed by atoms with Crippen molar-refractivity contribution in [1.82, 2.24) is 20.0 Å². The summed E-state index contributed by atoms with van der Waals surface area (Å²) in [5.74, 6) is 2.72. The zero-order valence-electron chi connectivity index (χ0n) is 17.7. The van der Waals surface area contributed by atoms with Crippen molar-refractivity contribution in [2.45, 2.75) is 25.9 Å². The predicted molar refractivity (Wildman–Crippen MR) is 111 cm³/mol. The number of pyridine rings is 1. The molecule has 30 heavy (non-hydrogen) atoms. The van der Waals surface area contributed by atoms with E-state index in [9.17, 15) is 0 Å². The van der Waals surface area contributed by atoms with Crippen LogP contribution in [0.2, 0.25) is 0 Å². The molecule has 2 aromatic heterocycles. The molecule has 0 aliphatic carbocycles. The van der Waals surface area contributed by atoms with E-state index < -0.39 is 0 Å². The van der Waals surface area contributed by atoms with Gasteiger partial charge < -0.3 is 18.7 Å². The van der Waals surface area contributed by atoms with Gasteiger partial charge in [-0.3, -0.25) is 9.88 Å². The Labute approximate surface area is 176 Å². The summed E-state index contributed by atoms with van der Waals surface area (Å²) in [7, 11) is 4.94. The third kappa shape index (κ3) is 6.27. The lowest BCUT2D eigenvalue weighted by atomic mass is 10.1. The Kier molecular flexibility index (Phi) is 8.17. The molecule has 2 heterocycles. The number of methoxy groups -OCH3 is 3. The molecule has 0 spiro atoms. The predicted octanol–water partition coefficient (Wildman–Crippen LogP) is 2.92.